The Labute approximate surface area is 188 Å². The van der Waals surface area contributed by atoms with E-state index < -0.39 is 5.25 Å². The van der Waals surface area contributed by atoms with Gasteiger partial charge in [-0.15, -0.1) is 0 Å². The Morgan fingerprint density at radius 2 is 1.97 bits per heavy atom. The molecule has 1 aromatic heterocycles. The third kappa shape index (κ3) is 4.65. The molecule has 7 nitrogen and oxygen atoms in total. The molecule has 1 atom stereocenters. The first-order valence-corrected chi connectivity index (χ1v) is 11.1. The molecule has 0 fully saturated rings. The molecule has 1 aliphatic rings. The molecule has 0 radical (unpaired) electrons. The van der Waals surface area contributed by atoms with Crippen LogP contribution in [0, 0.1) is 5.92 Å². The minimum Gasteiger partial charge on any atom is -0.454 e. The normalized spacial score (nSPS) is 13.6. The van der Waals surface area contributed by atoms with Gasteiger partial charge in [0.1, 0.15) is 0 Å². The van der Waals surface area contributed by atoms with E-state index in [4.69, 9.17) is 21.1 Å². The third-order valence-electron chi connectivity index (χ3n) is 4.72. The van der Waals surface area contributed by atoms with Crippen LogP contribution in [-0.2, 0) is 11.3 Å². The monoisotopic (exact) mass is 459 g/mol. The van der Waals surface area contributed by atoms with Gasteiger partial charge in [0.05, 0.1) is 16.2 Å². The average Bonchev–Trinajstić information content (AvgIpc) is 3.18. The van der Waals surface area contributed by atoms with Crippen LogP contribution in [-0.4, -0.2) is 27.5 Å². The number of rotatable bonds is 6. The molecule has 0 aliphatic carbocycles. The zero-order valence-corrected chi connectivity index (χ0v) is 18.9. The maximum absolute atomic E-state index is 13.1. The van der Waals surface area contributed by atoms with E-state index in [0.29, 0.717) is 44.8 Å². The second kappa shape index (κ2) is 8.80. The SMILES string of the molecule is CC(C)Cn1c(S[C@H](C)C(=O)Nc2ccc3c(c2)OCO3)nc2cc(Cl)ccc2c1=O. The molecule has 0 spiro atoms. The number of amides is 1. The summed E-state index contributed by atoms with van der Waals surface area (Å²) in [6.45, 7) is 6.51. The Bertz CT molecular complexity index is 1210. The van der Waals surface area contributed by atoms with Crippen molar-refractivity contribution in [3.05, 3.63) is 51.8 Å². The van der Waals surface area contributed by atoms with Crippen molar-refractivity contribution >= 4 is 45.9 Å². The van der Waals surface area contributed by atoms with Gasteiger partial charge in [0.2, 0.25) is 12.7 Å². The predicted octanol–water partition coefficient (Wildman–Crippen LogP) is 4.55. The van der Waals surface area contributed by atoms with Gasteiger partial charge in [-0.1, -0.05) is 37.2 Å². The fourth-order valence-electron chi connectivity index (χ4n) is 3.22. The van der Waals surface area contributed by atoms with Crippen LogP contribution in [0.1, 0.15) is 20.8 Å². The summed E-state index contributed by atoms with van der Waals surface area (Å²) in [7, 11) is 0. The van der Waals surface area contributed by atoms with E-state index in [9.17, 15) is 9.59 Å². The maximum atomic E-state index is 13.1. The van der Waals surface area contributed by atoms with E-state index in [0.717, 1.165) is 0 Å². The lowest BCUT2D eigenvalue weighted by Gasteiger charge is -2.17. The number of nitrogens with one attached hydrogen (secondary N) is 1. The molecule has 3 aromatic rings. The van der Waals surface area contributed by atoms with Crippen molar-refractivity contribution in [1.82, 2.24) is 9.55 Å². The van der Waals surface area contributed by atoms with Crippen LogP contribution in [0.3, 0.4) is 0 Å². The zero-order chi connectivity index (χ0) is 22.1. The lowest BCUT2D eigenvalue weighted by Crippen LogP contribution is -2.28. The Morgan fingerprint density at radius 3 is 2.74 bits per heavy atom. The van der Waals surface area contributed by atoms with Gasteiger partial charge in [0, 0.05) is 23.3 Å². The van der Waals surface area contributed by atoms with E-state index in [1.54, 1.807) is 47.9 Å². The fourth-order valence-corrected chi connectivity index (χ4v) is 4.30. The summed E-state index contributed by atoms with van der Waals surface area (Å²) in [6.07, 6.45) is 0. The number of carbonyl (C=O) groups is 1. The summed E-state index contributed by atoms with van der Waals surface area (Å²) >= 11 is 7.34. The Balaban J connectivity index is 1.60. The van der Waals surface area contributed by atoms with Crippen molar-refractivity contribution in [2.24, 2.45) is 5.92 Å². The molecule has 4 rings (SSSR count). The van der Waals surface area contributed by atoms with E-state index in [2.05, 4.69) is 10.3 Å². The lowest BCUT2D eigenvalue weighted by molar-refractivity contribution is -0.115. The number of nitrogens with zero attached hydrogens (tertiary/aromatic N) is 2. The number of fused-ring (bicyclic) bond motifs is 2. The Hall–Kier alpha value is -2.71. The first-order valence-electron chi connectivity index (χ1n) is 9.89. The molecule has 1 N–H and O–H groups in total. The highest BCUT2D eigenvalue weighted by Gasteiger charge is 2.21. The topological polar surface area (TPSA) is 82.5 Å². The number of benzene rings is 2. The van der Waals surface area contributed by atoms with Crippen LogP contribution in [0.25, 0.3) is 10.9 Å². The quantitative estimate of drug-likeness (QED) is 0.430. The number of thioether (sulfide) groups is 1. The molecule has 0 saturated heterocycles. The van der Waals surface area contributed by atoms with Crippen LogP contribution in [0.5, 0.6) is 11.5 Å². The molecule has 0 bridgehead atoms. The molecular weight excluding hydrogens is 438 g/mol. The largest absolute Gasteiger partial charge is 0.454 e. The fraction of sp³-hybridized carbons (Fsp3) is 0.318. The third-order valence-corrected chi connectivity index (χ3v) is 6.05. The van der Waals surface area contributed by atoms with Gasteiger partial charge < -0.3 is 14.8 Å². The smallest absolute Gasteiger partial charge is 0.262 e. The summed E-state index contributed by atoms with van der Waals surface area (Å²) in [5, 5.41) is 3.89. The summed E-state index contributed by atoms with van der Waals surface area (Å²) in [5.74, 6) is 1.27. The summed E-state index contributed by atoms with van der Waals surface area (Å²) in [6, 6.07) is 10.3. The van der Waals surface area contributed by atoms with Gasteiger partial charge in [-0.3, -0.25) is 14.2 Å². The molecule has 2 aromatic carbocycles. The summed E-state index contributed by atoms with van der Waals surface area (Å²) in [4.78, 5) is 30.6. The maximum Gasteiger partial charge on any atom is 0.262 e. The van der Waals surface area contributed by atoms with Crippen molar-refractivity contribution < 1.29 is 14.3 Å². The number of ether oxygens (including phenoxy) is 2. The number of carbonyl (C=O) groups excluding carboxylic acids is 1. The molecule has 1 aliphatic heterocycles. The van der Waals surface area contributed by atoms with Crippen LogP contribution in [0.4, 0.5) is 5.69 Å². The van der Waals surface area contributed by atoms with E-state index in [1.165, 1.54) is 11.8 Å². The highest BCUT2D eigenvalue weighted by atomic mass is 35.5. The van der Waals surface area contributed by atoms with Crippen LogP contribution in [0.2, 0.25) is 5.02 Å². The molecule has 2 heterocycles. The van der Waals surface area contributed by atoms with Crippen molar-refractivity contribution in [1.29, 1.82) is 0 Å². The number of hydrogen-bond donors (Lipinski definition) is 1. The van der Waals surface area contributed by atoms with Gasteiger partial charge in [-0.25, -0.2) is 4.98 Å². The van der Waals surface area contributed by atoms with Crippen molar-refractivity contribution in [3.8, 4) is 11.5 Å². The second-order valence-electron chi connectivity index (χ2n) is 7.68. The van der Waals surface area contributed by atoms with Crippen LogP contribution < -0.4 is 20.3 Å². The highest BCUT2D eigenvalue weighted by molar-refractivity contribution is 8.00. The number of aromatic nitrogens is 2. The molecule has 1 amide bonds. The lowest BCUT2D eigenvalue weighted by atomic mass is 10.2. The van der Waals surface area contributed by atoms with E-state index in [-0.39, 0.29) is 24.2 Å². The zero-order valence-electron chi connectivity index (χ0n) is 17.3. The molecule has 162 valence electrons. The van der Waals surface area contributed by atoms with Gasteiger partial charge in [0.15, 0.2) is 16.7 Å². The standard InChI is InChI=1S/C22H22ClN3O4S/c1-12(2)10-26-21(28)16-6-4-14(23)8-17(16)25-22(26)31-13(3)20(27)24-15-5-7-18-19(9-15)30-11-29-18/h4-9,12-13H,10-11H2,1-3H3,(H,24,27)/t13-/m1/s1. The molecule has 0 saturated carbocycles. The summed E-state index contributed by atoms with van der Waals surface area (Å²) < 4.78 is 12.3. The predicted molar refractivity (Wildman–Crippen MR) is 122 cm³/mol. The number of hydrogen-bond acceptors (Lipinski definition) is 6. The van der Waals surface area contributed by atoms with E-state index >= 15 is 0 Å². The molecule has 31 heavy (non-hydrogen) atoms. The minimum atomic E-state index is -0.493. The Kier molecular flexibility index (Phi) is 6.11. The van der Waals surface area contributed by atoms with Crippen molar-refractivity contribution in [3.63, 3.8) is 0 Å². The van der Waals surface area contributed by atoms with Gasteiger partial charge in [-0.2, -0.15) is 0 Å². The van der Waals surface area contributed by atoms with Crippen molar-refractivity contribution in [2.45, 2.75) is 37.7 Å². The average molecular weight is 460 g/mol. The first kappa shape index (κ1) is 21.5. The second-order valence-corrected chi connectivity index (χ2v) is 9.43. The molecular formula is C22H22ClN3O4S. The van der Waals surface area contributed by atoms with E-state index in [1.807, 2.05) is 13.8 Å². The van der Waals surface area contributed by atoms with Gasteiger partial charge >= 0.3 is 0 Å². The van der Waals surface area contributed by atoms with Crippen LogP contribution in [0.15, 0.2) is 46.3 Å². The number of anilines is 1. The van der Waals surface area contributed by atoms with Crippen LogP contribution >= 0.6 is 23.4 Å². The minimum absolute atomic E-state index is 0.138. The Morgan fingerprint density at radius 1 is 1.19 bits per heavy atom. The van der Waals surface area contributed by atoms with Crippen molar-refractivity contribution in [2.75, 3.05) is 12.1 Å². The van der Waals surface area contributed by atoms with Gasteiger partial charge in [0.25, 0.3) is 5.56 Å². The molecule has 9 heteroatoms. The first-order chi connectivity index (χ1) is 14.8. The van der Waals surface area contributed by atoms with Gasteiger partial charge in [-0.05, 0) is 43.2 Å². The number of halogens is 1. The molecule has 0 unspecified atom stereocenters. The summed E-state index contributed by atoms with van der Waals surface area (Å²) in [5.41, 5.74) is 0.990. The highest BCUT2D eigenvalue weighted by Crippen LogP contribution is 2.34.